The highest BCUT2D eigenvalue weighted by Crippen LogP contribution is 2.10. The van der Waals surface area contributed by atoms with Gasteiger partial charge in [0.2, 0.25) is 11.8 Å². The molecule has 98 valence electrons. The highest BCUT2D eigenvalue weighted by molar-refractivity contribution is 5.90. The molecule has 0 fully saturated rings. The Morgan fingerprint density at radius 1 is 1.22 bits per heavy atom. The number of amides is 2. The van der Waals surface area contributed by atoms with Crippen molar-refractivity contribution in [3.63, 3.8) is 0 Å². The summed E-state index contributed by atoms with van der Waals surface area (Å²) < 4.78 is 0. The predicted molar refractivity (Wildman–Crippen MR) is 71.1 cm³/mol. The van der Waals surface area contributed by atoms with Crippen LogP contribution >= 0.6 is 0 Å². The van der Waals surface area contributed by atoms with Crippen LogP contribution in [0.5, 0.6) is 0 Å². The van der Waals surface area contributed by atoms with Crippen molar-refractivity contribution in [3.8, 4) is 0 Å². The van der Waals surface area contributed by atoms with Gasteiger partial charge < -0.3 is 16.4 Å². The van der Waals surface area contributed by atoms with Gasteiger partial charge in [-0.25, -0.2) is 0 Å². The lowest BCUT2D eigenvalue weighted by Crippen LogP contribution is -2.21. The second kappa shape index (κ2) is 7.45. The average molecular weight is 249 g/mol. The number of nitrogens with one attached hydrogen (secondary N) is 2. The van der Waals surface area contributed by atoms with Crippen molar-refractivity contribution in [2.24, 2.45) is 5.73 Å². The number of carbonyl (C=O) groups is 2. The van der Waals surface area contributed by atoms with Gasteiger partial charge in [0.25, 0.3) is 0 Å². The maximum absolute atomic E-state index is 11.5. The lowest BCUT2D eigenvalue weighted by Gasteiger charge is -2.06. The Morgan fingerprint density at radius 3 is 2.44 bits per heavy atom. The Morgan fingerprint density at radius 2 is 1.89 bits per heavy atom. The van der Waals surface area contributed by atoms with Gasteiger partial charge in [-0.2, -0.15) is 0 Å². The first kappa shape index (κ1) is 14.2. The van der Waals surface area contributed by atoms with Gasteiger partial charge >= 0.3 is 0 Å². The van der Waals surface area contributed by atoms with Gasteiger partial charge in [0, 0.05) is 18.7 Å². The molecule has 0 saturated heterocycles. The molecule has 1 aromatic carbocycles. The van der Waals surface area contributed by atoms with Crippen LogP contribution in [0.3, 0.4) is 0 Å². The van der Waals surface area contributed by atoms with E-state index in [1.807, 2.05) is 6.92 Å². The van der Waals surface area contributed by atoms with Crippen molar-refractivity contribution in [2.75, 3.05) is 18.4 Å². The standard InChI is InChI=1S/C13H19N3O2/c1-2-15-8-7-13(18)16-11-5-3-10(4-6-11)9-12(14)17/h3-6,15H,2,7-9H2,1H3,(H2,14,17)(H,16,18). The molecule has 0 aliphatic heterocycles. The molecule has 0 saturated carbocycles. The van der Waals surface area contributed by atoms with E-state index in [9.17, 15) is 9.59 Å². The van der Waals surface area contributed by atoms with Gasteiger partial charge in [-0.15, -0.1) is 0 Å². The highest BCUT2D eigenvalue weighted by atomic mass is 16.1. The summed E-state index contributed by atoms with van der Waals surface area (Å²) in [4.78, 5) is 22.2. The van der Waals surface area contributed by atoms with Crippen LogP contribution in [0.25, 0.3) is 0 Å². The molecule has 0 spiro atoms. The molecule has 0 aliphatic carbocycles. The number of nitrogens with two attached hydrogens (primary N) is 1. The van der Waals surface area contributed by atoms with E-state index in [0.717, 1.165) is 17.8 Å². The SMILES string of the molecule is CCNCCC(=O)Nc1ccc(CC(N)=O)cc1. The summed E-state index contributed by atoms with van der Waals surface area (Å²) in [5, 5.41) is 5.87. The summed E-state index contributed by atoms with van der Waals surface area (Å²) >= 11 is 0. The molecule has 18 heavy (non-hydrogen) atoms. The molecule has 0 unspecified atom stereocenters. The van der Waals surface area contributed by atoms with Crippen LogP contribution in [0.4, 0.5) is 5.69 Å². The fourth-order valence-corrected chi connectivity index (χ4v) is 1.51. The zero-order valence-electron chi connectivity index (χ0n) is 10.5. The molecule has 0 aliphatic rings. The van der Waals surface area contributed by atoms with Crippen LogP contribution in [0.2, 0.25) is 0 Å². The fraction of sp³-hybridized carbons (Fsp3) is 0.385. The van der Waals surface area contributed by atoms with Gasteiger partial charge in [0.05, 0.1) is 6.42 Å². The minimum atomic E-state index is -0.363. The number of primary amides is 1. The zero-order valence-corrected chi connectivity index (χ0v) is 10.5. The quantitative estimate of drug-likeness (QED) is 0.620. The maximum Gasteiger partial charge on any atom is 0.225 e. The molecular weight excluding hydrogens is 230 g/mol. The van der Waals surface area contributed by atoms with Crippen molar-refractivity contribution in [1.29, 1.82) is 0 Å². The molecule has 0 atom stereocenters. The molecule has 4 N–H and O–H groups in total. The number of hydrogen-bond acceptors (Lipinski definition) is 3. The predicted octanol–water partition coefficient (Wildman–Crippen LogP) is 0.652. The third-order valence-corrected chi connectivity index (χ3v) is 2.39. The van der Waals surface area contributed by atoms with Crippen LogP contribution < -0.4 is 16.4 Å². The van der Waals surface area contributed by atoms with E-state index in [1.165, 1.54) is 0 Å². The molecule has 0 aromatic heterocycles. The monoisotopic (exact) mass is 249 g/mol. The van der Waals surface area contributed by atoms with Gasteiger partial charge in [-0.3, -0.25) is 9.59 Å². The number of anilines is 1. The van der Waals surface area contributed by atoms with Crippen LogP contribution in [0.15, 0.2) is 24.3 Å². The van der Waals surface area contributed by atoms with Crippen molar-refractivity contribution in [2.45, 2.75) is 19.8 Å². The second-order valence-electron chi connectivity index (χ2n) is 3.99. The first-order valence-corrected chi connectivity index (χ1v) is 5.99. The van der Waals surface area contributed by atoms with E-state index < -0.39 is 0 Å². The molecule has 0 heterocycles. The molecule has 5 nitrogen and oxygen atoms in total. The van der Waals surface area contributed by atoms with Gasteiger partial charge in [-0.05, 0) is 24.2 Å². The molecular formula is C13H19N3O2. The molecule has 1 rings (SSSR count). The first-order valence-electron chi connectivity index (χ1n) is 5.99. The topological polar surface area (TPSA) is 84.2 Å². The summed E-state index contributed by atoms with van der Waals surface area (Å²) in [5.41, 5.74) is 6.66. The Labute approximate surface area is 107 Å². The molecule has 1 aromatic rings. The number of hydrogen-bond donors (Lipinski definition) is 3. The lowest BCUT2D eigenvalue weighted by atomic mass is 10.1. The van der Waals surface area contributed by atoms with E-state index in [0.29, 0.717) is 13.0 Å². The third kappa shape index (κ3) is 5.45. The first-order chi connectivity index (χ1) is 8.61. The summed E-state index contributed by atoms with van der Waals surface area (Å²) in [6.45, 7) is 3.52. The van der Waals surface area contributed by atoms with Gasteiger partial charge in [-0.1, -0.05) is 19.1 Å². The maximum atomic E-state index is 11.5. The van der Waals surface area contributed by atoms with Crippen LogP contribution in [-0.2, 0) is 16.0 Å². The van der Waals surface area contributed by atoms with E-state index >= 15 is 0 Å². The summed E-state index contributed by atoms with van der Waals surface area (Å²) in [6, 6.07) is 7.10. The zero-order chi connectivity index (χ0) is 13.4. The largest absolute Gasteiger partial charge is 0.369 e. The minimum Gasteiger partial charge on any atom is -0.369 e. The van der Waals surface area contributed by atoms with Crippen LogP contribution in [-0.4, -0.2) is 24.9 Å². The summed E-state index contributed by atoms with van der Waals surface area (Å²) in [5.74, 6) is -0.393. The molecule has 5 heteroatoms. The summed E-state index contributed by atoms with van der Waals surface area (Å²) in [6.07, 6.45) is 0.658. The Kier molecular flexibility index (Phi) is 5.87. The Bertz CT molecular complexity index is 401. The van der Waals surface area contributed by atoms with Gasteiger partial charge in [0.15, 0.2) is 0 Å². The summed E-state index contributed by atoms with van der Waals surface area (Å²) in [7, 11) is 0. The Hall–Kier alpha value is -1.88. The fourth-order valence-electron chi connectivity index (χ4n) is 1.51. The number of carbonyl (C=O) groups excluding carboxylic acids is 2. The second-order valence-corrected chi connectivity index (χ2v) is 3.99. The minimum absolute atomic E-state index is 0.0291. The molecule has 0 bridgehead atoms. The number of benzene rings is 1. The van der Waals surface area contributed by atoms with E-state index in [2.05, 4.69) is 10.6 Å². The van der Waals surface area contributed by atoms with Crippen LogP contribution in [0, 0.1) is 0 Å². The normalized spacial score (nSPS) is 10.1. The average Bonchev–Trinajstić information content (AvgIpc) is 2.31. The third-order valence-electron chi connectivity index (χ3n) is 2.39. The van der Waals surface area contributed by atoms with E-state index in [4.69, 9.17) is 5.73 Å². The van der Waals surface area contributed by atoms with Crippen molar-refractivity contribution in [3.05, 3.63) is 29.8 Å². The van der Waals surface area contributed by atoms with Gasteiger partial charge in [0.1, 0.15) is 0 Å². The van der Waals surface area contributed by atoms with Crippen molar-refractivity contribution >= 4 is 17.5 Å². The highest BCUT2D eigenvalue weighted by Gasteiger charge is 2.02. The smallest absolute Gasteiger partial charge is 0.225 e. The van der Waals surface area contributed by atoms with Crippen molar-refractivity contribution in [1.82, 2.24) is 5.32 Å². The Balaban J connectivity index is 2.43. The van der Waals surface area contributed by atoms with E-state index in [1.54, 1.807) is 24.3 Å². The number of rotatable bonds is 7. The molecule has 0 radical (unpaired) electrons. The van der Waals surface area contributed by atoms with E-state index in [-0.39, 0.29) is 18.2 Å². The lowest BCUT2D eigenvalue weighted by molar-refractivity contribution is -0.117. The van der Waals surface area contributed by atoms with Crippen LogP contribution in [0.1, 0.15) is 18.9 Å². The molecule has 2 amide bonds. The van der Waals surface area contributed by atoms with Crippen molar-refractivity contribution < 1.29 is 9.59 Å².